The average molecular weight is 721 g/mol. The SMILES string of the molecule is C1=CC2=CC=C(c3c4ccccc4c(-c4ccc(-c5ccc6sc7c8cc9sc%10ccccc%10c9cc8ccc7c6c5)cc4)c4ccccc34)CC2C=C1. The molecular formula is C52H32S2. The topological polar surface area (TPSA) is 0 Å². The number of allylic oxidation sites excluding steroid dienone is 8. The van der Waals surface area contributed by atoms with Crippen LogP contribution in [0.3, 0.4) is 0 Å². The van der Waals surface area contributed by atoms with Crippen LogP contribution < -0.4 is 0 Å². The predicted octanol–water partition coefficient (Wildman–Crippen LogP) is 15.7. The second-order valence-electron chi connectivity index (χ2n) is 14.8. The van der Waals surface area contributed by atoms with Crippen LogP contribution in [0.5, 0.6) is 0 Å². The molecule has 0 N–H and O–H groups in total. The molecular weight excluding hydrogens is 689 g/mol. The van der Waals surface area contributed by atoms with Gasteiger partial charge in [0, 0.05) is 51.6 Å². The molecule has 0 saturated carbocycles. The summed E-state index contributed by atoms with van der Waals surface area (Å²) in [5.41, 5.74) is 9.24. The van der Waals surface area contributed by atoms with Gasteiger partial charge in [0.1, 0.15) is 0 Å². The molecule has 0 aliphatic heterocycles. The summed E-state index contributed by atoms with van der Waals surface area (Å²) in [7, 11) is 0. The summed E-state index contributed by atoms with van der Waals surface area (Å²) in [6.07, 6.45) is 14.7. The maximum atomic E-state index is 2.43. The van der Waals surface area contributed by atoms with Crippen LogP contribution in [0.25, 0.3) is 100 Å². The van der Waals surface area contributed by atoms with E-state index in [1.54, 1.807) is 0 Å². The van der Waals surface area contributed by atoms with Crippen molar-refractivity contribution in [1.82, 2.24) is 0 Å². The first-order chi connectivity index (χ1) is 26.7. The summed E-state index contributed by atoms with van der Waals surface area (Å²) in [5, 5.41) is 13.3. The summed E-state index contributed by atoms with van der Waals surface area (Å²) in [4.78, 5) is 0. The molecule has 8 aromatic carbocycles. The van der Waals surface area contributed by atoms with Gasteiger partial charge in [0.15, 0.2) is 0 Å². The Bertz CT molecular complexity index is 3280. The molecule has 1 unspecified atom stereocenters. The molecule has 0 fully saturated rings. The third-order valence-electron chi connectivity index (χ3n) is 11.8. The number of benzene rings is 8. The van der Waals surface area contributed by atoms with Gasteiger partial charge in [-0.25, -0.2) is 0 Å². The fourth-order valence-corrected chi connectivity index (χ4v) is 11.6. The van der Waals surface area contributed by atoms with Crippen molar-refractivity contribution >= 4 is 101 Å². The Kier molecular flexibility index (Phi) is 6.60. The zero-order chi connectivity index (χ0) is 35.3. The lowest BCUT2D eigenvalue weighted by Crippen LogP contribution is -2.07. The summed E-state index contributed by atoms with van der Waals surface area (Å²) in [5.74, 6) is 0.434. The highest BCUT2D eigenvalue weighted by atomic mass is 32.1. The summed E-state index contributed by atoms with van der Waals surface area (Å²) in [6, 6.07) is 52.6. The Morgan fingerprint density at radius 2 is 1.09 bits per heavy atom. The third kappa shape index (κ3) is 4.54. The van der Waals surface area contributed by atoms with E-state index in [1.807, 2.05) is 22.7 Å². The highest BCUT2D eigenvalue weighted by Crippen LogP contribution is 2.47. The molecule has 0 nitrogen and oxygen atoms in total. The molecule has 2 heterocycles. The van der Waals surface area contributed by atoms with E-state index < -0.39 is 0 Å². The number of fused-ring (bicyclic) bond motifs is 11. The van der Waals surface area contributed by atoms with E-state index in [4.69, 9.17) is 0 Å². The largest absolute Gasteiger partial charge is 0.135 e. The van der Waals surface area contributed by atoms with Crippen molar-refractivity contribution in [2.45, 2.75) is 6.42 Å². The molecule has 0 saturated heterocycles. The summed E-state index contributed by atoms with van der Waals surface area (Å²) in [6.45, 7) is 0. The van der Waals surface area contributed by atoms with Crippen LogP contribution in [-0.2, 0) is 0 Å². The number of hydrogen-bond acceptors (Lipinski definition) is 2. The van der Waals surface area contributed by atoms with Crippen molar-refractivity contribution in [2.75, 3.05) is 0 Å². The summed E-state index contributed by atoms with van der Waals surface area (Å²) >= 11 is 3.82. The summed E-state index contributed by atoms with van der Waals surface area (Å²) < 4.78 is 5.43. The van der Waals surface area contributed by atoms with Gasteiger partial charge in [-0.1, -0.05) is 146 Å². The standard InChI is InChI=1S/C52H32S2/c1-2-10-34-27-37(22-19-31(34)9-1)51-41-14-5-3-12-39(41)50(40-13-4-6-15-42(40)51)33-20-17-32(18-21-33)35-24-26-48-46(28-35)43-25-23-36-29-45-38-11-7-8-16-47(38)53-49(45)30-44(36)52(43)54-48/h1-26,28-30,34H,27H2. The first-order valence-electron chi connectivity index (χ1n) is 18.8. The van der Waals surface area contributed by atoms with Gasteiger partial charge in [0.2, 0.25) is 0 Å². The predicted molar refractivity (Wildman–Crippen MR) is 238 cm³/mol. The minimum absolute atomic E-state index is 0.434. The van der Waals surface area contributed by atoms with E-state index in [-0.39, 0.29) is 0 Å². The fourth-order valence-electron chi connectivity index (χ4n) is 9.22. The molecule has 252 valence electrons. The molecule has 0 spiro atoms. The van der Waals surface area contributed by atoms with Crippen molar-refractivity contribution in [3.05, 3.63) is 187 Å². The van der Waals surface area contributed by atoms with E-state index in [1.165, 1.54) is 112 Å². The normalized spacial score (nSPS) is 15.6. The molecule has 0 bridgehead atoms. The van der Waals surface area contributed by atoms with E-state index in [0.29, 0.717) is 5.92 Å². The van der Waals surface area contributed by atoms with E-state index in [2.05, 4.69) is 176 Å². The molecule has 0 radical (unpaired) electrons. The van der Waals surface area contributed by atoms with Crippen LogP contribution >= 0.6 is 22.7 Å². The molecule has 1 atom stereocenters. The molecule has 0 amide bonds. The van der Waals surface area contributed by atoms with Gasteiger partial charge in [-0.05, 0) is 103 Å². The molecule has 2 aliphatic carbocycles. The number of hydrogen-bond donors (Lipinski definition) is 0. The van der Waals surface area contributed by atoms with Crippen LogP contribution in [0.15, 0.2) is 182 Å². The van der Waals surface area contributed by atoms with Crippen LogP contribution in [0.4, 0.5) is 0 Å². The van der Waals surface area contributed by atoms with Gasteiger partial charge >= 0.3 is 0 Å². The van der Waals surface area contributed by atoms with Crippen molar-refractivity contribution in [2.24, 2.45) is 5.92 Å². The lowest BCUT2D eigenvalue weighted by Gasteiger charge is -2.25. The minimum atomic E-state index is 0.434. The van der Waals surface area contributed by atoms with E-state index in [9.17, 15) is 0 Å². The van der Waals surface area contributed by atoms with Crippen molar-refractivity contribution in [3.8, 4) is 22.3 Å². The molecule has 2 aromatic heterocycles. The van der Waals surface area contributed by atoms with Crippen LogP contribution in [-0.4, -0.2) is 0 Å². The van der Waals surface area contributed by atoms with Gasteiger partial charge in [-0.15, -0.1) is 22.7 Å². The van der Waals surface area contributed by atoms with Gasteiger partial charge in [-0.3, -0.25) is 0 Å². The zero-order valence-corrected chi connectivity index (χ0v) is 31.0. The molecule has 54 heavy (non-hydrogen) atoms. The Morgan fingerprint density at radius 3 is 1.89 bits per heavy atom. The fraction of sp³-hybridized carbons (Fsp3) is 0.0385. The highest BCUT2D eigenvalue weighted by Gasteiger charge is 2.23. The van der Waals surface area contributed by atoms with Crippen molar-refractivity contribution in [1.29, 1.82) is 0 Å². The van der Waals surface area contributed by atoms with Gasteiger partial charge in [0.05, 0.1) is 0 Å². The smallest absolute Gasteiger partial charge is 0.0434 e. The highest BCUT2D eigenvalue weighted by molar-refractivity contribution is 7.27. The zero-order valence-electron chi connectivity index (χ0n) is 29.3. The lowest BCUT2D eigenvalue weighted by molar-refractivity contribution is 0.794. The Hall–Kier alpha value is -6.06. The van der Waals surface area contributed by atoms with Gasteiger partial charge in [0.25, 0.3) is 0 Å². The van der Waals surface area contributed by atoms with Crippen LogP contribution in [0.1, 0.15) is 12.0 Å². The number of rotatable bonds is 3. The Labute approximate surface area is 320 Å². The Morgan fingerprint density at radius 1 is 0.426 bits per heavy atom. The minimum Gasteiger partial charge on any atom is -0.135 e. The lowest BCUT2D eigenvalue weighted by atomic mass is 9.79. The monoisotopic (exact) mass is 720 g/mol. The van der Waals surface area contributed by atoms with Crippen LogP contribution in [0, 0.1) is 5.92 Å². The number of thiophene rings is 2. The van der Waals surface area contributed by atoms with Crippen LogP contribution in [0.2, 0.25) is 0 Å². The van der Waals surface area contributed by atoms with Crippen molar-refractivity contribution < 1.29 is 0 Å². The first kappa shape index (κ1) is 30.4. The maximum absolute atomic E-state index is 2.43. The van der Waals surface area contributed by atoms with Gasteiger partial charge < -0.3 is 0 Å². The molecule has 2 aliphatic rings. The first-order valence-corrected chi connectivity index (χ1v) is 20.4. The third-order valence-corrected chi connectivity index (χ3v) is 14.2. The van der Waals surface area contributed by atoms with Gasteiger partial charge in [-0.2, -0.15) is 0 Å². The molecule has 2 heteroatoms. The Balaban J connectivity index is 0.966. The molecule has 12 rings (SSSR count). The van der Waals surface area contributed by atoms with Crippen molar-refractivity contribution in [3.63, 3.8) is 0 Å². The molecule has 10 aromatic rings. The van der Waals surface area contributed by atoms with E-state index in [0.717, 1.165) is 6.42 Å². The quantitative estimate of drug-likeness (QED) is 0.159. The second kappa shape index (κ2) is 11.7. The maximum Gasteiger partial charge on any atom is 0.0434 e. The van der Waals surface area contributed by atoms with E-state index >= 15 is 0 Å². The average Bonchev–Trinajstić information content (AvgIpc) is 3.79. The second-order valence-corrected chi connectivity index (χ2v) is 16.9.